The van der Waals surface area contributed by atoms with Crippen LogP contribution < -0.4 is 4.90 Å². The van der Waals surface area contributed by atoms with Gasteiger partial charge in [0.15, 0.2) is 5.65 Å². The number of hydrogen-bond donors (Lipinski definition) is 0. The van der Waals surface area contributed by atoms with Gasteiger partial charge in [-0.05, 0) is 30.5 Å². The van der Waals surface area contributed by atoms with E-state index in [1.165, 1.54) is 0 Å². The van der Waals surface area contributed by atoms with E-state index in [4.69, 9.17) is 15.1 Å². The number of fused-ring (bicyclic) bond motifs is 1. The summed E-state index contributed by atoms with van der Waals surface area (Å²) in [6.07, 6.45) is 1.25. The van der Waals surface area contributed by atoms with E-state index in [9.17, 15) is 4.79 Å². The number of hydrogen-bond acceptors (Lipinski definition) is 5. The zero-order valence-electron chi connectivity index (χ0n) is 20.7. The molecule has 0 spiro atoms. The highest BCUT2D eigenvalue weighted by molar-refractivity contribution is 5.91. The summed E-state index contributed by atoms with van der Waals surface area (Å²) in [5, 5.41) is 5.84. The number of nitrogens with zero attached hydrogens (tertiary/aromatic N) is 6. The molecular weight excluding hydrogens is 436 g/mol. The molecule has 1 aliphatic rings. The first-order chi connectivity index (χ1) is 17.0. The number of anilines is 1. The molecule has 1 saturated heterocycles. The quantitative estimate of drug-likeness (QED) is 0.424. The van der Waals surface area contributed by atoms with Gasteiger partial charge in [-0.15, -0.1) is 0 Å². The van der Waals surface area contributed by atoms with Crippen LogP contribution in [0.2, 0.25) is 0 Å². The van der Waals surface area contributed by atoms with Crippen LogP contribution in [0.1, 0.15) is 30.9 Å². The predicted octanol–water partition coefficient (Wildman–Crippen LogP) is 4.21. The van der Waals surface area contributed by atoms with Crippen LogP contribution in [0.3, 0.4) is 0 Å². The Balaban J connectivity index is 1.44. The summed E-state index contributed by atoms with van der Waals surface area (Å²) >= 11 is 0. The molecule has 5 rings (SSSR count). The number of carbonyl (C=O) groups is 1. The van der Waals surface area contributed by atoms with Crippen LogP contribution in [0.4, 0.5) is 5.82 Å². The molecule has 0 radical (unpaired) electrons. The third-order valence-corrected chi connectivity index (χ3v) is 6.45. The van der Waals surface area contributed by atoms with Crippen molar-refractivity contribution in [3.63, 3.8) is 0 Å². The second-order valence-electron chi connectivity index (χ2n) is 9.62. The topological polar surface area (TPSA) is 67.2 Å². The highest BCUT2D eigenvalue weighted by atomic mass is 16.2. The molecule has 0 atom stereocenters. The minimum Gasteiger partial charge on any atom is -0.352 e. The maximum atomic E-state index is 12.9. The lowest BCUT2D eigenvalue weighted by Crippen LogP contribution is -2.49. The Morgan fingerprint density at radius 1 is 0.914 bits per heavy atom. The van der Waals surface area contributed by atoms with Gasteiger partial charge in [0.25, 0.3) is 0 Å². The Labute approximate surface area is 206 Å². The minimum atomic E-state index is 0.178. The van der Waals surface area contributed by atoms with Gasteiger partial charge in [0.05, 0.1) is 23.2 Å². The van der Waals surface area contributed by atoms with Gasteiger partial charge in [-0.25, -0.2) is 14.6 Å². The normalized spacial score (nSPS) is 14.2. The molecule has 3 heterocycles. The summed E-state index contributed by atoms with van der Waals surface area (Å²) in [6, 6.07) is 20.1. The summed E-state index contributed by atoms with van der Waals surface area (Å²) in [5.41, 5.74) is 3.80. The molecule has 0 N–H and O–H groups in total. The van der Waals surface area contributed by atoms with E-state index in [2.05, 4.69) is 18.7 Å². The number of amides is 1. The van der Waals surface area contributed by atoms with Gasteiger partial charge in [-0.2, -0.15) is 5.10 Å². The highest BCUT2D eigenvalue weighted by Crippen LogP contribution is 2.30. The third kappa shape index (κ3) is 4.90. The number of rotatable bonds is 6. The lowest BCUT2D eigenvalue weighted by molar-refractivity contribution is -0.130. The van der Waals surface area contributed by atoms with E-state index in [1.807, 2.05) is 77.2 Å². The van der Waals surface area contributed by atoms with Crippen molar-refractivity contribution in [3.8, 4) is 5.69 Å². The molecule has 35 heavy (non-hydrogen) atoms. The molecule has 1 amide bonds. The van der Waals surface area contributed by atoms with Crippen molar-refractivity contribution in [2.24, 2.45) is 5.92 Å². The SMILES string of the molecule is Cc1nn(-c2ccccc2)c2nc(CC(C)C)nc(N3CCN(C(=O)Cc4ccccc4)CC3)c12. The van der Waals surface area contributed by atoms with Crippen LogP contribution in [0.25, 0.3) is 16.7 Å². The molecular formula is C28H32N6O. The van der Waals surface area contributed by atoms with E-state index in [-0.39, 0.29) is 5.91 Å². The van der Waals surface area contributed by atoms with Gasteiger partial charge in [0.2, 0.25) is 5.91 Å². The fraction of sp³-hybridized carbons (Fsp3) is 0.357. The van der Waals surface area contributed by atoms with Gasteiger partial charge in [0, 0.05) is 32.6 Å². The average Bonchev–Trinajstić information content (AvgIpc) is 3.20. The molecule has 2 aromatic heterocycles. The maximum absolute atomic E-state index is 12.9. The molecule has 7 nitrogen and oxygen atoms in total. The lowest BCUT2D eigenvalue weighted by atomic mass is 10.1. The highest BCUT2D eigenvalue weighted by Gasteiger charge is 2.26. The van der Waals surface area contributed by atoms with Gasteiger partial charge in [0.1, 0.15) is 11.6 Å². The molecule has 4 aromatic rings. The second-order valence-corrected chi connectivity index (χ2v) is 9.62. The fourth-order valence-corrected chi connectivity index (χ4v) is 4.69. The van der Waals surface area contributed by atoms with Crippen molar-refractivity contribution in [2.45, 2.75) is 33.6 Å². The number of piperazine rings is 1. The van der Waals surface area contributed by atoms with Crippen LogP contribution in [-0.4, -0.2) is 56.7 Å². The molecule has 180 valence electrons. The number of para-hydroxylation sites is 1. The zero-order chi connectivity index (χ0) is 24.4. The van der Waals surface area contributed by atoms with Crippen molar-refractivity contribution >= 4 is 22.8 Å². The van der Waals surface area contributed by atoms with Crippen LogP contribution in [0, 0.1) is 12.8 Å². The fourth-order valence-electron chi connectivity index (χ4n) is 4.69. The molecule has 0 unspecified atom stereocenters. The monoisotopic (exact) mass is 468 g/mol. The number of carbonyl (C=O) groups excluding carboxylic acids is 1. The summed E-state index contributed by atoms with van der Waals surface area (Å²) in [5.74, 6) is 2.39. The molecule has 7 heteroatoms. The van der Waals surface area contributed by atoms with Crippen molar-refractivity contribution in [2.75, 3.05) is 31.1 Å². The zero-order valence-corrected chi connectivity index (χ0v) is 20.7. The van der Waals surface area contributed by atoms with E-state index in [0.29, 0.717) is 25.4 Å². The van der Waals surface area contributed by atoms with Crippen LogP contribution in [0.5, 0.6) is 0 Å². The third-order valence-electron chi connectivity index (χ3n) is 6.45. The average molecular weight is 469 g/mol. The van der Waals surface area contributed by atoms with E-state index >= 15 is 0 Å². The van der Waals surface area contributed by atoms with Gasteiger partial charge >= 0.3 is 0 Å². The first-order valence-corrected chi connectivity index (χ1v) is 12.4. The summed E-state index contributed by atoms with van der Waals surface area (Å²) in [6.45, 7) is 9.24. The van der Waals surface area contributed by atoms with Crippen molar-refractivity contribution in [3.05, 3.63) is 77.7 Å². The molecule has 0 saturated carbocycles. The Bertz CT molecular complexity index is 1310. The summed E-state index contributed by atoms with van der Waals surface area (Å²) in [7, 11) is 0. The van der Waals surface area contributed by atoms with E-state index < -0.39 is 0 Å². The second kappa shape index (κ2) is 9.86. The summed E-state index contributed by atoms with van der Waals surface area (Å²) < 4.78 is 1.93. The minimum absolute atomic E-state index is 0.178. The van der Waals surface area contributed by atoms with Crippen LogP contribution >= 0.6 is 0 Å². The number of aromatic nitrogens is 4. The molecule has 1 fully saturated rings. The van der Waals surface area contributed by atoms with Gasteiger partial charge in [-0.3, -0.25) is 4.79 Å². The van der Waals surface area contributed by atoms with Crippen molar-refractivity contribution < 1.29 is 4.79 Å². The molecule has 0 aliphatic carbocycles. The summed E-state index contributed by atoms with van der Waals surface area (Å²) in [4.78, 5) is 27.1. The smallest absolute Gasteiger partial charge is 0.227 e. The maximum Gasteiger partial charge on any atom is 0.227 e. The Morgan fingerprint density at radius 3 is 2.23 bits per heavy atom. The van der Waals surface area contributed by atoms with Crippen molar-refractivity contribution in [1.82, 2.24) is 24.6 Å². The predicted molar refractivity (Wildman–Crippen MR) is 139 cm³/mol. The number of benzene rings is 2. The molecule has 1 aliphatic heterocycles. The molecule has 0 bridgehead atoms. The van der Waals surface area contributed by atoms with E-state index in [0.717, 1.165) is 59.1 Å². The Hall–Kier alpha value is -3.74. The standard InChI is InChI=1S/C28H32N6O/c1-20(2)18-24-29-27(26-21(3)31-34(28(26)30-24)23-12-8-5-9-13-23)33-16-14-32(15-17-33)25(35)19-22-10-6-4-7-11-22/h4-13,20H,14-19H2,1-3H3. The Kier molecular flexibility index (Phi) is 6.49. The van der Waals surface area contributed by atoms with E-state index in [1.54, 1.807) is 0 Å². The number of aryl methyl sites for hydroxylation is 1. The Morgan fingerprint density at radius 2 is 1.57 bits per heavy atom. The largest absolute Gasteiger partial charge is 0.352 e. The first kappa shape index (κ1) is 23.0. The van der Waals surface area contributed by atoms with Crippen molar-refractivity contribution in [1.29, 1.82) is 0 Å². The molecule has 2 aromatic carbocycles. The van der Waals surface area contributed by atoms with Crippen LogP contribution in [0.15, 0.2) is 60.7 Å². The first-order valence-electron chi connectivity index (χ1n) is 12.4. The van der Waals surface area contributed by atoms with Crippen LogP contribution in [-0.2, 0) is 17.6 Å². The lowest BCUT2D eigenvalue weighted by Gasteiger charge is -2.36. The van der Waals surface area contributed by atoms with Gasteiger partial charge in [-0.1, -0.05) is 62.4 Å². The van der Waals surface area contributed by atoms with Gasteiger partial charge < -0.3 is 9.80 Å².